The largest absolute Gasteiger partial charge is 0.463 e. The van der Waals surface area contributed by atoms with Crippen LogP contribution in [-0.4, -0.2) is 32.3 Å². The number of halogens is 1. The van der Waals surface area contributed by atoms with Crippen molar-refractivity contribution in [1.29, 1.82) is 0 Å². The number of ether oxygens (including phenoxy) is 1. The summed E-state index contributed by atoms with van der Waals surface area (Å²) in [6.45, 7) is 3.77. The first kappa shape index (κ1) is 17.8. The third-order valence-corrected chi connectivity index (χ3v) is 4.46. The number of fused-ring (bicyclic) bond motifs is 1. The number of allylic oxidation sites excluding steroid dienone is 1. The second-order valence-corrected chi connectivity index (χ2v) is 6.26. The molecule has 0 aliphatic carbocycles. The zero-order chi connectivity index (χ0) is 19.7. The number of carbonyl (C=O) groups is 1. The van der Waals surface area contributed by atoms with Gasteiger partial charge in [0.15, 0.2) is 5.82 Å². The summed E-state index contributed by atoms with van der Waals surface area (Å²) in [7, 11) is 0. The van der Waals surface area contributed by atoms with Crippen LogP contribution >= 0.6 is 0 Å². The molecule has 7 nitrogen and oxygen atoms in total. The summed E-state index contributed by atoms with van der Waals surface area (Å²) in [5.74, 6) is -0.223. The van der Waals surface area contributed by atoms with E-state index in [1.807, 2.05) is 6.07 Å². The number of hydrogen-bond donors (Lipinski definition) is 1. The lowest BCUT2D eigenvalue weighted by Crippen LogP contribution is -2.29. The predicted molar refractivity (Wildman–Crippen MR) is 101 cm³/mol. The molecule has 28 heavy (non-hydrogen) atoms. The van der Waals surface area contributed by atoms with Crippen molar-refractivity contribution in [3.8, 4) is 11.4 Å². The van der Waals surface area contributed by atoms with E-state index in [0.29, 0.717) is 17.2 Å². The maximum absolute atomic E-state index is 14.2. The number of hydrogen-bond acceptors (Lipinski definition) is 6. The standard InChI is InChI=1S/C20H18FN5O2/c1-3-28-19(27)16-12(2)23-20-24-18(14-8-4-5-9-15(14)21)25-26(20)17(16)13-7-6-10-22-11-13/h4-11,17H,3H2,1-2H3,(H,23,24,25). The predicted octanol–water partition coefficient (Wildman–Crippen LogP) is 3.33. The van der Waals surface area contributed by atoms with Crippen molar-refractivity contribution >= 4 is 11.9 Å². The number of nitrogens with zero attached hydrogens (tertiary/aromatic N) is 4. The van der Waals surface area contributed by atoms with Crippen LogP contribution in [0.5, 0.6) is 0 Å². The van der Waals surface area contributed by atoms with Crippen LogP contribution in [0.4, 0.5) is 10.3 Å². The lowest BCUT2D eigenvalue weighted by Gasteiger charge is -2.27. The van der Waals surface area contributed by atoms with Gasteiger partial charge in [-0.05, 0) is 37.6 Å². The van der Waals surface area contributed by atoms with Crippen molar-refractivity contribution in [2.75, 3.05) is 11.9 Å². The highest BCUT2D eigenvalue weighted by atomic mass is 19.1. The molecule has 1 unspecified atom stereocenters. The molecule has 0 amide bonds. The van der Waals surface area contributed by atoms with E-state index in [2.05, 4.69) is 20.4 Å². The topological polar surface area (TPSA) is 81.9 Å². The van der Waals surface area contributed by atoms with E-state index in [4.69, 9.17) is 4.74 Å². The molecule has 1 atom stereocenters. The fourth-order valence-corrected chi connectivity index (χ4v) is 3.23. The van der Waals surface area contributed by atoms with Gasteiger partial charge in [-0.15, -0.1) is 5.10 Å². The molecule has 3 heterocycles. The highest BCUT2D eigenvalue weighted by molar-refractivity contribution is 5.92. The van der Waals surface area contributed by atoms with Gasteiger partial charge in [0, 0.05) is 18.1 Å². The van der Waals surface area contributed by atoms with Crippen molar-refractivity contribution in [2.45, 2.75) is 19.9 Å². The van der Waals surface area contributed by atoms with Gasteiger partial charge >= 0.3 is 5.97 Å². The van der Waals surface area contributed by atoms with Gasteiger partial charge in [-0.2, -0.15) is 4.98 Å². The van der Waals surface area contributed by atoms with Crippen LogP contribution in [0.15, 0.2) is 60.1 Å². The third-order valence-electron chi connectivity index (χ3n) is 4.46. The van der Waals surface area contributed by atoms with E-state index in [-0.39, 0.29) is 18.0 Å². The maximum atomic E-state index is 14.2. The van der Waals surface area contributed by atoms with Crippen molar-refractivity contribution in [1.82, 2.24) is 19.7 Å². The second-order valence-electron chi connectivity index (χ2n) is 6.26. The van der Waals surface area contributed by atoms with Crippen LogP contribution < -0.4 is 5.32 Å². The van der Waals surface area contributed by atoms with Crippen LogP contribution in [0.1, 0.15) is 25.5 Å². The molecule has 1 N–H and O–H groups in total. The van der Waals surface area contributed by atoms with Gasteiger partial charge in [-0.1, -0.05) is 18.2 Å². The first-order valence-electron chi connectivity index (χ1n) is 8.86. The average molecular weight is 379 g/mol. The second kappa shape index (κ2) is 7.22. The quantitative estimate of drug-likeness (QED) is 0.700. The zero-order valence-corrected chi connectivity index (χ0v) is 15.4. The Hall–Kier alpha value is -3.55. The normalized spacial score (nSPS) is 15.8. The van der Waals surface area contributed by atoms with Gasteiger partial charge < -0.3 is 10.1 Å². The molecule has 0 radical (unpaired) electrons. The van der Waals surface area contributed by atoms with Crippen molar-refractivity contribution < 1.29 is 13.9 Å². The van der Waals surface area contributed by atoms with E-state index < -0.39 is 17.8 Å². The Balaban J connectivity index is 1.87. The monoisotopic (exact) mass is 379 g/mol. The number of nitrogens with one attached hydrogen (secondary N) is 1. The molecule has 0 saturated heterocycles. The molecule has 1 aliphatic rings. The molecule has 142 valence electrons. The number of anilines is 1. The lowest BCUT2D eigenvalue weighted by molar-refractivity contribution is -0.139. The highest BCUT2D eigenvalue weighted by Crippen LogP contribution is 2.36. The average Bonchev–Trinajstić information content (AvgIpc) is 3.11. The molecule has 3 aromatic rings. The third kappa shape index (κ3) is 3.02. The van der Waals surface area contributed by atoms with E-state index in [9.17, 15) is 9.18 Å². The molecule has 8 heteroatoms. The SMILES string of the molecule is CCOC(=O)C1=C(C)Nc2nc(-c3ccccc3F)nn2C1c1cccnc1. The van der Waals surface area contributed by atoms with Gasteiger partial charge in [-0.3, -0.25) is 4.98 Å². The van der Waals surface area contributed by atoms with Crippen LogP contribution in [0.25, 0.3) is 11.4 Å². The number of rotatable bonds is 4. The van der Waals surface area contributed by atoms with Crippen LogP contribution in [0.3, 0.4) is 0 Å². The fraction of sp³-hybridized carbons (Fsp3) is 0.200. The van der Waals surface area contributed by atoms with E-state index >= 15 is 0 Å². The van der Waals surface area contributed by atoms with E-state index in [0.717, 1.165) is 5.56 Å². The molecule has 1 aliphatic heterocycles. The molecule has 0 fully saturated rings. The van der Waals surface area contributed by atoms with Crippen LogP contribution in [0.2, 0.25) is 0 Å². The Morgan fingerprint density at radius 2 is 2.11 bits per heavy atom. The molecule has 0 spiro atoms. The summed E-state index contributed by atoms with van der Waals surface area (Å²) in [6, 6.07) is 9.34. The molecule has 1 aromatic carbocycles. The van der Waals surface area contributed by atoms with Gasteiger partial charge in [0.25, 0.3) is 0 Å². The summed E-state index contributed by atoms with van der Waals surface area (Å²) in [5.41, 5.74) is 2.05. The Labute approximate surface area is 160 Å². The van der Waals surface area contributed by atoms with Gasteiger partial charge in [0.1, 0.15) is 11.9 Å². The van der Waals surface area contributed by atoms with Crippen molar-refractivity contribution in [3.05, 3.63) is 71.4 Å². The summed E-state index contributed by atoms with van der Waals surface area (Å²) >= 11 is 0. The maximum Gasteiger partial charge on any atom is 0.338 e. The molecular weight excluding hydrogens is 361 g/mol. The van der Waals surface area contributed by atoms with Gasteiger partial charge in [0.05, 0.1) is 17.7 Å². The molecule has 0 saturated carbocycles. The number of benzene rings is 1. The number of pyridine rings is 1. The fourth-order valence-electron chi connectivity index (χ4n) is 3.23. The van der Waals surface area contributed by atoms with Gasteiger partial charge in [0.2, 0.25) is 5.95 Å². The lowest BCUT2D eigenvalue weighted by atomic mass is 9.97. The Bertz CT molecular complexity index is 1060. The minimum absolute atomic E-state index is 0.229. The van der Waals surface area contributed by atoms with E-state index in [1.165, 1.54) is 6.07 Å². The van der Waals surface area contributed by atoms with Gasteiger partial charge in [-0.25, -0.2) is 13.9 Å². The van der Waals surface area contributed by atoms with Crippen LogP contribution in [-0.2, 0) is 9.53 Å². The summed E-state index contributed by atoms with van der Waals surface area (Å²) < 4.78 is 21.1. The molecule has 2 aromatic heterocycles. The van der Waals surface area contributed by atoms with Crippen molar-refractivity contribution in [3.63, 3.8) is 0 Å². The first-order valence-corrected chi connectivity index (χ1v) is 8.86. The Kier molecular flexibility index (Phi) is 4.60. The molecule has 4 rings (SSSR count). The Morgan fingerprint density at radius 3 is 2.82 bits per heavy atom. The number of esters is 1. The van der Waals surface area contributed by atoms with E-state index in [1.54, 1.807) is 55.2 Å². The number of aromatic nitrogens is 4. The summed E-state index contributed by atoms with van der Waals surface area (Å²) in [5, 5.41) is 7.58. The first-order chi connectivity index (χ1) is 13.6. The number of carbonyl (C=O) groups excluding carboxylic acids is 1. The summed E-state index contributed by atoms with van der Waals surface area (Å²) in [4.78, 5) is 21.3. The zero-order valence-electron chi connectivity index (χ0n) is 15.4. The van der Waals surface area contributed by atoms with Crippen molar-refractivity contribution in [2.24, 2.45) is 0 Å². The minimum atomic E-state index is -0.586. The summed E-state index contributed by atoms with van der Waals surface area (Å²) in [6.07, 6.45) is 3.31. The highest BCUT2D eigenvalue weighted by Gasteiger charge is 2.35. The molecule has 0 bridgehead atoms. The smallest absolute Gasteiger partial charge is 0.338 e. The molecular formula is C20H18FN5O2. The minimum Gasteiger partial charge on any atom is -0.463 e. The Morgan fingerprint density at radius 1 is 1.29 bits per heavy atom. The van der Waals surface area contributed by atoms with Crippen LogP contribution in [0, 0.1) is 5.82 Å².